The molecule has 5 rings (SSSR count). The van der Waals surface area contributed by atoms with E-state index in [9.17, 15) is 0 Å². The highest BCUT2D eigenvalue weighted by Crippen LogP contribution is 2.32. The van der Waals surface area contributed by atoms with E-state index in [0.29, 0.717) is 0 Å². The van der Waals surface area contributed by atoms with Gasteiger partial charge in [-0.25, -0.2) is 9.97 Å². The van der Waals surface area contributed by atoms with Crippen LogP contribution in [0.25, 0.3) is 21.7 Å². The fraction of sp³-hybridized carbons (Fsp3) is 0.0769. The van der Waals surface area contributed by atoms with Crippen LogP contribution in [0.2, 0.25) is 0 Å². The second-order valence-corrected chi connectivity index (χ2v) is 7.41. The molecule has 0 atom stereocenters. The van der Waals surface area contributed by atoms with Crippen molar-refractivity contribution in [1.29, 1.82) is 0 Å². The van der Waals surface area contributed by atoms with E-state index in [1.54, 1.807) is 6.33 Å². The van der Waals surface area contributed by atoms with E-state index in [1.807, 2.05) is 48.5 Å². The first-order valence-corrected chi connectivity index (χ1v) is 9.92. The SMILES string of the molecule is Cc1cc2ncnc(Nc3cccc(Oc4cccc5ccccc45)c3)c2cc1C. The summed E-state index contributed by atoms with van der Waals surface area (Å²) < 4.78 is 6.22. The number of hydrogen-bond donors (Lipinski definition) is 1. The predicted molar refractivity (Wildman–Crippen MR) is 123 cm³/mol. The summed E-state index contributed by atoms with van der Waals surface area (Å²) in [6.07, 6.45) is 1.59. The van der Waals surface area contributed by atoms with Gasteiger partial charge in [0, 0.05) is 22.5 Å². The molecule has 0 saturated heterocycles. The molecule has 5 aromatic rings. The quantitative estimate of drug-likeness (QED) is 0.361. The van der Waals surface area contributed by atoms with E-state index in [-0.39, 0.29) is 0 Å². The number of benzene rings is 4. The minimum atomic E-state index is 0.765. The minimum Gasteiger partial charge on any atom is -0.457 e. The second-order valence-electron chi connectivity index (χ2n) is 7.41. The topological polar surface area (TPSA) is 47.0 Å². The van der Waals surface area contributed by atoms with Crippen molar-refractivity contribution < 1.29 is 4.74 Å². The maximum absolute atomic E-state index is 6.22. The first-order valence-electron chi connectivity index (χ1n) is 9.92. The van der Waals surface area contributed by atoms with Gasteiger partial charge in [-0.2, -0.15) is 0 Å². The molecule has 1 N–H and O–H groups in total. The second kappa shape index (κ2) is 7.48. The van der Waals surface area contributed by atoms with Gasteiger partial charge >= 0.3 is 0 Å². The van der Waals surface area contributed by atoms with Crippen LogP contribution in [-0.2, 0) is 0 Å². The maximum Gasteiger partial charge on any atom is 0.141 e. The number of anilines is 2. The molecule has 1 aromatic heterocycles. The van der Waals surface area contributed by atoms with E-state index >= 15 is 0 Å². The van der Waals surface area contributed by atoms with Crippen molar-refractivity contribution in [3.05, 3.63) is 96.3 Å². The van der Waals surface area contributed by atoms with Gasteiger partial charge in [-0.1, -0.05) is 42.5 Å². The molecule has 0 bridgehead atoms. The molecule has 0 unspecified atom stereocenters. The van der Waals surface area contributed by atoms with E-state index in [4.69, 9.17) is 4.74 Å². The summed E-state index contributed by atoms with van der Waals surface area (Å²) in [6.45, 7) is 4.20. The Labute approximate surface area is 175 Å². The zero-order chi connectivity index (χ0) is 20.5. The summed E-state index contributed by atoms with van der Waals surface area (Å²) in [5.74, 6) is 2.39. The van der Waals surface area contributed by atoms with Gasteiger partial charge in [-0.3, -0.25) is 0 Å². The van der Waals surface area contributed by atoms with E-state index in [1.165, 1.54) is 11.1 Å². The molecule has 146 valence electrons. The van der Waals surface area contributed by atoms with Gasteiger partial charge in [0.2, 0.25) is 0 Å². The van der Waals surface area contributed by atoms with Gasteiger partial charge in [0.1, 0.15) is 23.6 Å². The highest BCUT2D eigenvalue weighted by Gasteiger charge is 2.08. The summed E-state index contributed by atoms with van der Waals surface area (Å²) in [6, 6.07) is 26.5. The van der Waals surface area contributed by atoms with Crippen molar-refractivity contribution >= 4 is 33.2 Å². The van der Waals surface area contributed by atoms with Crippen LogP contribution in [0.4, 0.5) is 11.5 Å². The van der Waals surface area contributed by atoms with Crippen molar-refractivity contribution in [2.45, 2.75) is 13.8 Å². The average Bonchev–Trinajstić information content (AvgIpc) is 2.76. The molecule has 1 heterocycles. The lowest BCUT2D eigenvalue weighted by atomic mass is 10.1. The fourth-order valence-corrected chi connectivity index (χ4v) is 3.60. The van der Waals surface area contributed by atoms with Crippen LogP contribution >= 0.6 is 0 Å². The standard InChI is InChI=1S/C26H21N3O/c1-17-13-23-24(14-18(17)2)27-16-28-26(23)29-20-9-6-10-21(15-20)30-25-12-5-8-19-7-3-4-11-22(19)25/h3-16H,1-2H3,(H,27,28,29). The van der Waals surface area contributed by atoms with Crippen molar-refractivity contribution in [2.75, 3.05) is 5.32 Å². The Hall–Kier alpha value is -3.92. The first-order chi connectivity index (χ1) is 14.7. The monoisotopic (exact) mass is 391 g/mol. The van der Waals surface area contributed by atoms with Crippen LogP contribution < -0.4 is 10.1 Å². The lowest BCUT2D eigenvalue weighted by Gasteiger charge is -2.12. The summed E-state index contributed by atoms with van der Waals surface area (Å²) in [5, 5.41) is 6.67. The summed E-state index contributed by atoms with van der Waals surface area (Å²) >= 11 is 0. The highest BCUT2D eigenvalue weighted by atomic mass is 16.5. The number of nitrogens with one attached hydrogen (secondary N) is 1. The Bertz CT molecular complexity index is 1370. The largest absolute Gasteiger partial charge is 0.457 e. The van der Waals surface area contributed by atoms with Gasteiger partial charge in [0.05, 0.1) is 5.52 Å². The summed E-state index contributed by atoms with van der Waals surface area (Å²) in [7, 11) is 0. The van der Waals surface area contributed by atoms with Crippen LogP contribution in [0.15, 0.2) is 85.2 Å². The number of aromatic nitrogens is 2. The molecule has 4 heteroatoms. The first kappa shape index (κ1) is 18.1. The molecule has 0 aliphatic heterocycles. The van der Waals surface area contributed by atoms with Crippen LogP contribution in [0, 0.1) is 13.8 Å². The van der Waals surface area contributed by atoms with Gasteiger partial charge < -0.3 is 10.1 Å². The van der Waals surface area contributed by atoms with Crippen molar-refractivity contribution in [1.82, 2.24) is 9.97 Å². The zero-order valence-electron chi connectivity index (χ0n) is 16.9. The molecule has 30 heavy (non-hydrogen) atoms. The highest BCUT2D eigenvalue weighted by molar-refractivity contribution is 5.92. The number of ether oxygens (including phenoxy) is 1. The molecule has 0 saturated carbocycles. The molecular weight excluding hydrogens is 370 g/mol. The third-order valence-electron chi connectivity index (χ3n) is 5.33. The van der Waals surface area contributed by atoms with E-state index in [2.05, 4.69) is 59.5 Å². The van der Waals surface area contributed by atoms with Gasteiger partial charge in [0.15, 0.2) is 0 Å². The Morgan fingerprint density at radius 1 is 0.733 bits per heavy atom. The molecule has 0 aliphatic rings. The van der Waals surface area contributed by atoms with Crippen molar-refractivity contribution in [3.63, 3.8) is 0 Å². The van der Waals surface area contributed by atoms with E-state index < -0.39 is 0 Å². The molecule has 0 fully saturated rings. The Morgan fingerprint density at radius 2 is 1.53 bits per heavy atom. The van der Waals surface area contributed by atoms with Crippen molar-refractivity contribution in [3.8, 4) is 11.5 Å². The molecule has 0 radical (unpaired) electrons. The van der Waals surface area contributed by atoms with Gasteiger partial charge in [-0.05, 0) is 60.7 Å². The predicted octanol–water partition coefficient (Wildman–Crippen LogP) is 6.94. The number of rotatable bonds is 4. The number of hydrogen-bond acceptors (Lipinski definition) is 4. The summed E-state index contributed by atoms with van der Waals surface area (Å²) in [4.78, 5) is 8.88. The molecule has 4 aromatic carbocycles. The van der Waals surface area contributed by atoms with Crippen LogP contribution in [0.3, 0.4) is 0 Å². The summed E-state index contributed by atoms with van der Waals surface area (Å²) in [5.41, 5.74) is 4.27. The van der Waals surface area contributed by atoms with E-state index in [0.717, 1.165) is 44.7 Å². The van der Waals surface area contributed by atoms with Gasteiger partial charge in [-0.15, -0.1) is 0 Å². The Balaban J connectivity index is 1.47. The number of fused-ring (bicyclic) bond motifs is 2. The normalized spacial score (nSPS) is 11.0. The fourth-order valence-electron chi connectivity index (χ4n) is 3.60. The molecule has 0 amide bonds. The molecule has 0 spiro atoms. The van der Waals surface area contributed by atoms with Gasteiger partial charge in [0.25, 0.3) is 0 Å². The Morgan fingerprint density at radius 3 is 2.47 bits per heavy atom. The smallest absolute Gasteiger partial charge is 0.141 e. The number of nitrogens with zero attached hydrogens (tertiary/aromatic N) is 2. The van der Waals surface area contributed by atoms with Crippen molar-refractivity contribution in [2.24, 2.45) is 0 Å². The van der Waals surface area contributed by atoms with Crippen LogP contribution in [0.1, 0.15) is 11.1 Å². The third-order valence-corrected chi connectivity index (χ3v) is 5.33. The third kappa shape index (κ3) is 3.44. The zero-order valence-corrected chi connectivity index (χ0v) is 16.9. The van der Waals surface area contributed by atoms with Crippen LogP contribution in [-0.4, -0.2) is 9.97 Å². The number of aryl methyl sites for hydroxylation is 2. The molecule has 4 nitrogen and oxygen atoms in total. The maximum atomic E-state index is 6.22. The molecular formula is C26H21N3O. The van der Waals surface area contributed by atoms with Crippen LogP contribution in [0.5, 0.6) is 11.5 Å². The Kier molecular flexibility index (Phi) is 4.52. The lowest BCUT2D eigenvalue weighted by molar-refractivity contribution is 0.488. The average molecular weight is 391 g/mol. The molecule has 0 aliphatic carbocycles. The lowest BCUT2D eigenvalue weighted by Crippen LogP contribution is -1.97. The minimum absolute atomic E-state index is 0.765.